The van der Waals surface area contributed by atoms with Crippen LogP contribution in [0.4, 0.5) is 9.18 Å². The average Bonchev–Trinajstić information content (AvgIpc) is 2.18. The number of nitriles is 1. The largest absolute Gasteiger partial charge is 0.444 e. The van der Waals surface area contributed by atoms with Gasteiger partial charge in [0.15, 0.2) is 0 Å². The van der Waals surface area contributed by atoms with E-state index in [4.69, 9.17) is 10.00 Å². The molecule has 0 bridgehead atoms. The van der Waals surface area contributed by atoms with E-state index in [2.05, 4.69) is 0 Å². The Morgan fingerprint density at radius 3 is 2.71 bits per heavy atom. The van der Waals surface area contributed by atoms with E-state index in [1.165, 1.54) is 4.90 Å². The van der Waals surface area contributed by atoms with Crippen LogP contribution in [0.1, 0.15) is 33.6 Å². The normalized spacial score (nSPS) is 25.2. The van der Waals surface area contributed by atoms with Crippen molar-refractivity contribution in [3.63, 3.8) is 0 Å². The van der Waals surface area contributed by atoms with Gasteiger partial charge in [-0.1, -0.05) is 0 Å². The van der Waals surface area contributed by atoms with Crippen LogP contribution in [-0.2, 0) is 4.74 Å². The van der Waals surface area contributed by atoms with Gasteiger partial charge in [0.1, 0.15) is 11.8 Å². The topological polar surface area (TPSA) is 53.3 Å². The van der Waals surface area contributed by atoms with Gasteiger partial charge in [0, 0.05) is 18.9 Å². The van der Waals surface area contributed by atoms with Crippen LogP contribution >= 0.6 is 0 Å². The average molecular weight is 242 g/mol. The smallest absolute Gasteiger partial charge is 0.410 e. The maximum absolute atomic E-state index is 13.7. The highest BCUT2D eigenvalue weighted by Gasteiger charge is 2.33. The summed E-state index contributed by atoms with van der Waals surface area (Å²) in [6, 6.07) is 1.98. The lowest BCUT2D eigenvalue weighted by atomic mass is 9.92. The van der Waals surface area contributed by atoms with E-state index in [-0.39, 0.29) is 18.9 Å². The van der Waals surface area contributed by atoms with Crippen molar-refractivity contribution < 1.29 is 13.9 Å². The summed E-state index contributed by atoms with van der Waals surface area (Å²) < 4.78 is 18.9. The van der Waals surface area contributed by atoms with Crippen molar-refractivity contribution in [1.29, 1.82) is 5.26 Å². The molecule has 1 rings (SSSR count). The third kappa shape index (κ3) is 4.22. The van der Waals surface area contributed by atoms with Crippen molar-refractivity contribution >= 4 is 6.09 Å². The molecule has 1 heterocycles. The minimum atomic E-state index is -1.13. The van der Waals surface area contributed by atoms with Gasteiger partial charge >= 0.3 is 6.09 Å². The quantitative estimate of drug-likeness (QED) is 0.709. The van der Waals surface area contributed by atoms with E-state index >= 15 is 0 Å². The summed E-state index contributed by atoms with van der Waals surface area (Å²) in [5.74, 6) is -0.251. The number of rotatable bonds is 1. The van der Waals surface area contributed by atoms with Gasteiger partial charge in [0.2, 0.25) is 0 Å². The van der Waals surface area contributed by atoms with Crippen LogP contribution < -0.4 is 0 Å². The van der Waals surface area contributed by atoms with E-state index in [1.54, 1.807) is 20.8 Å². The van der Waals surface area contributed by atoms with E-state index < -0.39 is 17.9 Å². The molecule has 0 aromatic heterocycles. The van der Waals surface area contributed by atoms with Gasteiger partial charge < -0.3 is 9.64 Å². The molecule has 1 aliphatic heterocycles. The Hall–Kier alpha value is -1.31. The first-order chi connectivity index (χ1) is 7.83. The number of carbonyl (C=O) groups is 1. The molecule has 0 spiro atoms. The second-order valence-corrected chi connectivity index (χ2v) is 5.35. The Kier molecular flexibility index (Phi) is 4.33. The standard InChI is InChI=1S/C12H19FN2O2/c1-12(2,3)17-11(16)15-7-5-9(4-6-14)10(13)8-15/h9-10H,4-5,7-8H2,1-3H3/t9-,10?/m1/s1. The highest BCUT2D eigenvalue weighted by molar-refractivity contribution is 5.68. The molecule has 2 atom stereocenters. The van der Waals surface area contributed by atoms with Gasteiger partial charge in [-0.25, -0.2) is 9.18 Å². The number of ether oxygens (including phenoxy) is 1. The fourth-order valence-corrected chi connectivity index (χ4v) is 1.79. The fourth-order valence-electron chi connectivity index (χ4n) is 1.79. The molecule has 1 aliphatic rings. The first kappa shape index (κ1) is 13.8. The fraction of sp³-hybridized carbons (Fsp3) is 0.833. The van der Waals surface area contributed by atoms with Crippen LogP contribution in [0.5, 0.6) is 0 Å². The molecule has 5 heteroatoms. The van der Waals surface area contributed by atoms with Gasteiger partial charge in [-0.05, 0) is 27.2 Å². The molecule has 0 aromatic rings. The van der Waals surface area contributed by atoms with Crippen molar-refractivity contribution in [2.75, 3.05) is 13.1 Å². The molecule has 1 unspecified atom stereocenters. The lowest BCUT2D eigenvalue weighted by Crippen LogP contribution is -2.46. The minimum Gasteiger partial charge on any atom is -0.444 e. The Balaban J connectivity index is 2.50. The van der Waals surface area contributed by atoms with E-state index in [1.807, 2.05) is 6.07 Å². The van der Waals surface area contributed by atoms with Crippen molar-refractivity contribution in [1.82, 2.24) is 4.90 Å². The van der Waals surface area contributed by atoms with Crippen LogP contribution in [-0.4, -0.2) is 35.9 Å². The second kappa shape index (κ2) is 5.35. The summed E-state index contributed by atoms with van der Waals surface area (Å²) in [5, 5.41) is 8.54. The zero-order chi connectivity index (χ0) is 13.1. The van der Waals surface area contributed by atoms with Crippen molar-refractivity contribution in [3.8, 4) is 6.07 Å². The molecule has 1 amide bonds. The molecule has 0 saturated carbocycles. The number of nitrogens with zero attached hydrogens (tertiary/aromatic N) is 2. The van der Waals surface area contributed by atoms with Gasteiger partial charge in [-0.3, -0.25) is 0 Å². The number of hydrogen-bond donors (Lipinski definition) is 0. The van der Waals surface area contributed by atoms with Gasteiger partial charge in [0.25, 0.3) is 0 Å². The number of alkyl halides is 1. The molecule has 96 valence electrons. The van der Waals surface area contributed by atoms with Crippen molar-refractivity contribution in [2.24, 2.45) is 5.92 Å². The van der Waals surface area contributed by atoms with Gasteiger partial charge in [-0.2, -0.15) is 5.26 Å². The van der Waals surface area contributed by atoms with Crippen LogP contribution in [0.2, 0.25) is 0 Å². The monoisotopic (exact) mass is 242 g/mol. The van der Waals surface area contributed by atoms with Gasteiger partial charge in [-0.15, -0.1) is 0 Å². The van der Waals surface area contributed by atoms with Crippen LogP contribution in [0, 0.1) is 17.2 Å². The molecule has 1 saturated heterocycles. The van der Waals surface area contributed by atoms with E-state index in [0.717, 1.165) is 0 Å². The van der Waals surface area contributed by atoms with Crippen LogP contribution in [0.3, 0.4) is 0 Å². The summed E-state index contributed by atoms with van der Waals surface area (Å²) in [7, 11) is 0. The predicted octanol–water partition coefficient (Wildman–Crippen LogP) is 2.50. The molecular formula is C12H19FN2O2. The molecule has 0 aromatic carbocycles. The number of piperidine rings is 1. The Bertz CT molecular complexity index is 319. The zero-order valence-electron chi connectivity index (χ0n) is 10.6. The number of amides is 1. The summed E-state index contributed by atoms with van der Waals surface area (Å²) in [6.07, 6.45) is -0.872. The molecule has 0 N–H and O–H groups in total. The minimum absolute atomic E-state index is 0.0290. The molecule has 4 nitrogen and oxygen atoms in total. The highest BCUT2D eigenvalue weighted by atomic mass is 19.1. The first-order valence-corrected chi connectivity index (χ1v) is 5.82. The third-order valence-electron chi connectivity index (χ3n) is 2.68. The number of halogens is 1. The molecule has 1 fully saturated rings. The summed E-state index contributed by atoms with van der Waals surface area (Å²) in [4.78, 5) is 13.1. The maximum atomic E-state index is 13.7. The number of hydrogen-bond acceptors (Lipinski definition) is 3. The third-order valence-corrected chi connectivity index (χ3v) is 2.68. The second-order valence-electron chi connectivity index (χ2n) is 5.35. The molecule has 0 radical (unpaired) electrons. The maximum Gasteiger partial charge on any atom is 0.410 e. The van der Waals surface area contributed by atoms with Crippen LogP contribution in [0.15, 0.2) is 0 Å². The van der Waals surface area contributed by atoms with E-state index in [9.17, 15) is 9.18 Å². The Morgan fingerprint density at radius 2 is 2.24 bits per heavy atom. The zero-order valence-corrected chi connectivity index (χ0v) is 10.6. The van der Waals surface area contributed by atoms with Crippen molar-refractivity contribution in [3.05, 3.63) is 0 Å². The lowest BCUT2D eigenvalue weighted by molar-refractivity contribution is 0.00589. The number of carbonyl (C=O) groups excluding carboxylic acids is 1. The molecular weight excluding hydrogens is 223 g/mol. The van der Waals surface area contributed by atoms with E-state index in [0.29, 0.717) is 13.0 Å². The summed E-state index contributed by atoms with van der Waals surface area (Å²) in [6.45, 7) is 5.82. The Labute approximate surface area is 101 Å². The predicted molar refractivity (Wildman–Crippen MR) is 61.0 cm³/mol. The SMILES string of the molecule is CC(C)(C)OC(=O)N1CC[C@@H](CC#N)C(F)C1. The number of likely N-dealkylation sites (tertiary alicyclic amines) is 1. The molecule has 17 heavy (non-hydrogen) atoms. The lowest BCUT2D eigenvalue weighted by Gasteiger charge is -2.34. The summed E-state index contributed by atoms with van der Waals surface area (Å²) in [5.41, 5.74) is -0.563. The first-order valence-electron chi connectivity index (χ1n) is 5.82. The van der Waals surface area contributed by atoms with Crippen molar-refractivity contribution in [2.45, 2.75) is 45.4 Å². The Morgan fingerprint density at radius 1 is 1.59 bits per heavy atom. The van der Waals surface area contributed by atoms with Gasteiger partial charge in [0.05, 0.1) is 12.6 Å². The highest BCUT2D eigenvalue weighted by Crippen LogP contribution is 2.24. The molecule has 0 aliphatic carbocycles. The van der Waals surface area contributed by atoms with Crippen LogP contribution in [0.25, 0.3) is 0 Å². The summed E-state index contributed by atoms with van der Waals surface area (Å²) >= 11 is 0.